The highest BCUT2D eigenvalue weighted by Gasteiger charge is 2.26. The van der Waals surface area contributed by atoms with Crippen molar-refractivity contribution >= 4 is 11.8 Å². The molecule has 0 saturated carbocycles. The first kappa shape index (κ1) is 11.9. The van der Waals surface area contributed by atoms with E-state index in [0.717, 1.165) is 12.8 Å². The maximum absolute atomic E-state index is 11.3. The van der Waals surface area contributed by atoms with Crippen LogP contribution in [0.25, 0.3) is 0 Å². The van der Waals surface area contributed by atoms with E-state index in [-0.39, 0.29) is 24.5 Å². The number of amides is 2. The number of hydrogen-bond donors (Lipinski definition) is 3. The van der Waals surface area contributed by atoms with Crippen molar-refractivity contribution in [3.05, 3.63) is 0 Å². The molecule has 1 aliphatic heterocycles. The van der Waals surface area contributed by atoms with Crippen molar-refractivity contribution < 1.29 is 14.4 Å². The summed E-state index contributed by atoms with van der Waals surface area (Å²) in [6.07, 6.45) is 1.94. The lowest BCUT2D eigenvalue weighted by Crippen LogP contribution is -2.41. The van der Waals surface area contributed by atoms with Gasteiger partial charge in [0.1, 0.15) is 12.6 Å². The first-order valence-electron chi connectivity index (χ1n) is 5.06. The van der Waals surface area contributed by atoms with Crippen LogP contribution in [0.4, 0.5) is 0 Å². The fourth-order valence-electron chi connectivity index (χ4n) is 1.30. The number of carbonyl (C=O) groups excluding carboxylic acids is 2. The van der Waals surface area contributed by atoms with E-state index < -0.39 is 6.04 Å². The topological polar surface area (TPSA) is 93.5 Å². The molecule has 86 valence electrons. The van der Waals surface area contributed by atoms with E-state index in [9.17, 15) is 9.59 Å². The zero-order chi connectivity index (χ0) is 11.3. The Morgan fingerprint density at radius 1 is 1.80 bits per heavy atom. The van der Waals surface area contributed by atoms with Crippen LogP contribution in [0.2, 0.25) is 0 Å². The summed E-state index contributed by atoms with van der Waals surface area (Å²) in [4.78, 5) is 27.0. The molecule has 1 rings (SSSR count). The first-order valence-corrected chi connectivity index (χ1v) is 5.06. The summed E-state index contributed by atoms with van der Waals surface area (Å²) in [7, 11) is 0. The highest BCUT2D eigenvalue weighted by Crippen LogP contribution is 2.00. The minimum absolute atomic E-state index is 0.107. The summed E-state index contributed by atoms with van der Waals surface area (Å²) in [5.41, 5.74) is 7.72. The quantitative estimate of drug-likeness (QED) is 0.551. The summed E-state index contributed by atoms with van der Waals surface area (Å²) in [6.45, 7) is 2.09. The van der Waals surface area contributed by atoms with E-state index in [0.29, 0.717) is 6.42 Å². The number of nitrogens with one attached hydrogen (secondary N) is 2. The number of rotatable bonds is 5. The Balaban J connectivity index is 2.15. The molecule has 0 bridgehead atoms. The van der Waals surface area contributed by atoms with E-state index in [1.54, 1.807) is 0 Å². The summed E-state index contributed by atoms with van der Waals surface area (Å²) in [5.74, 6) is -0.433. The average molecular weight is 215 g/mol. The average Bonchev–Trinajstić information content (AvgIpc) is 2.51. The van der Waals surface area contributed by atoms with E-state index in [1.165, 1.54) is 0 Å². The zero-order valence-electron chi connectivity index (χ0n) is 8.79. The van der Waals surface area contributed by atoms with Crippen LogP contribution in [-0.2, 0) is 14.4 Å². The number of nitrogens with two attached hydrogens (primary N) is 1. The lowest BCUT2D eigenvalue weighted by Gasteiger charge is -2.08. The van der Waals surface area contributed by atoms with E-state index in [4.69, 9.17) is 5.73 Å². The molecule has 15 heavy (non-hydrogen) atoms. The molecular weight excluding hydrogens is 198 g/mol. The van der Waals surface area contributed by atoms with E-state index in [1.807, 2.05) is 6.92 Å². The SMILES string of the molecule is CC(N)CCCC(=O)N[C@@H]1CONC1=O. The van der Waals surface area contributed by atoms with Crippen LogP contribution < -0.4 is 16.5 Å². The Hall–Kier alpha value is -1.14. The fraction of sp³-hybridized carbons (Fsp3) is 0.778. The third-order valence-electron chi connectivity index (χ3n) is 2.14. The molecule has 1 fully saturated rings. The van der Waals surface area contributed by atoms with Gasteiger partial charge in [-0.2, -0.15) is 0 Å². The van der Waals surface area contributed by atoms with E-state index in [2.05, 4.69) is 15.6 Å². The van der Waals surface area contributed by atoms with Gasteiger partial charge in [-0.3, -0.25) is 14.4 Å². The van der Waals surface area contributed by atoms with Gasteiger partial charge < -0.3 is 11.1 Å². The van der Waals surface area contributed by atoms with Gasteiger partial charge >= 0.3 is 0 Å². The van der Waals surface area contributed by atoms with E-state index >= 15 is 0 Å². The predicted octanol–water partition coefficient (Wildman–Crippen LogP) is -0.950. The Bertz CT molecular complexity index is 243. The smallest absolute Gasteiger partial charge is 0.268 e. The van der Waals surface area contributed by atoms with Crippen LogP contribution in [-0.4, -0.2) is 30.5 Å². The third kappa shape index (κ3) is 4.26. The Kier molecular flexibility index (Phi) is 4.51. The van der Waals surface area contributed by atoms with Crippen LogP contribution in [0.5, 0.6) is 0 Å². The zero-order valence-corrected chi connectivity index (χ0v) is 8.79. The molecule has 0 aromatic rings. The van der Waals surface area contributed by atoms with Gasteiger partial charge in [-0.1, -0.05) is 0 Å². The molecule has 0 aromatic carbocycles. The predicted molar refractivity (Wildman–Crippen MR) is 53.5 cm³/mol. The number of hydrogen-bond acceptors (Lipinski definition) is 4. The lowest BCUT2D eigenvalue weighted by atomic mass is 10.1. The minimum atomic E-state index is -0.548. The van der Waals surface area contributed by atoms with Crippen molar-refractivity contribution in [3.8, 4) is 0 Å². The lowest BCUT2D eigenvalue weighted by molar-refractivity contribution is -0.128. The normalized spacial score (nSPS) is 22.3. The fourth-order valence-corrected chi connectivity index (χ4v) is 1.30. The summed E-state index contributed by atoms with van der Waals surface area (Å²) >= 11 is 0. The molecule has 0 spiro atoms. The molecule has 1 aliphatic rings. The first-order chi connectivity index (χ1) is 7.09. The molecule has 1 heterocycles. The minimum Gasteiger partial charge on any atom is -0.342 e. The third-order valence-corrected chi connectivity index (χ3v) is 2.14. The second kappa shape index (κ2) is 5.67. The molecule has 0 aliphatic carbocycles. The Morgan fingerprint density at radius 2 is 2.53 bits per heavy atom. The number of carbonyl (C=O) groups is 2. The van der Waals surface area contributed by atoms with Crippen molar-refractivity contribution in [1.82, 2.24) is 10.8 Å². The summed E-state index contributed by atoms with van der Waals surface area (Å²) in [5, 5.41) is 2.59. The van der Waals surface area contributed by atoms with Gasteiger partial charge in [0, 0.05) is 12.5 Å². The van der Waals surface area contributed by atoms with Crippen LogP contribution in [0.3, 0.4) is 0 Å². The molecule has 0 radical (unpaired) electrons. The summed E-state index contributed by atoms with van der Waals surface area (Å²) < 4.78 is 0. The van der Waals surface area contributed by atoms with Crippen LogP contribution in [0.1, 0.15) is 26.2 Å². The highest BCUT2D eigenvalue weighted by atomic mass is 16.7. The maximum atomic E-state index is 11.3. The Morgan fingerprint density at radius 3 is 3.07 bits per heavy atom. The van der Waals surface area contributed by atoms with Gasteiger partial charge in [0.25, 0.3) is 5.91 Å². The second-order valence-electron chi connectivity index (χ2n) is 3.77. The molecule has 6 heteroatoms. The van der Waals surface area contributed by atoms with Gasteiger partial charge in [-0.25, -0.2) is 5.48 Å². The molecule has 4 N–H and O–H groups in total. The van der Waals surface area contributed by atoms with Gasteiger partial charge in [-0.05, 0) is 19.8 Å². The van der Waals surface area contributed by atoms with Crippen molar-refractivity contribution in [2.24, 2.45) is 5.73 Å². The molecular formula is C9H17N3O3. The molecule has 1 unspecified atom stereocenters. The number of hydroxylamine groups is 1. The van der Waals surface area contributed by atoms with Gasteiger partial charge in [0.05, 0.1) is 0 Å². The Labute approximate surface area is 88.5 Å². The largest absolute Gasteiger partial charge is 0.342 e. The molecule has 0 aromatic heterocycles. The maximum Gasteiger partial charge on any atom is 0.268 e. The summed E-state index contributed by atoms with van der Waals surface area (Å²) in [6, 6.07) is -0.441. The van der Waals surface area contributed by atoms with Crippen LogP contribution in [0.15, 0.2) is 0 Å². The van der Waals surface area contributed by atoms with Crippen LogP contribution in [0, 0.1) is 0 Å². The van der Waals surface area contributed by atoms with Crippen molar-refractivity contribution in [2.75, 3.05) is 6.61 Å². The van der Waals surface area contributed by atoms with Crippen molar-refractivity contribution in [2.45, 2.75) is 38.3 Å². The molecule has 2 amide bonds. The molecule has 1 saturated heterocycles. The van der Waals surface area contributed by atoms with Gasteiger partial charge in [-0.15, -0.1) is 0 Å². The van der Waals surface area contributed by atoms with Crippen molar-refractivity contribution in [3.63, 3.8) is 0 Å². The second-order valence-corrected chi connectivity index (χ2v) is 3.77. The standard InChI is InChI=1S/C9H17N3O3/c1-6(10)3-2-4-8(13)11-7-5-15-12-9(7)14/h6-7H,2-5,10H2,1H3,(H,11,13)(H,12,14)/t6?,7-/m1/s1. The van der Waals surface area contributed by atoms with Gasteiger partial charge in [0.2, 0.25) is 5.91 Å². The highest BCUT2D eigenvalue weighted by molar-refractivity contribution is 5.88. The molecule has 6 nitrogen and oxygen atoms in total. The van der Waals surface area contributed by atoms with Crippen LogP contribution >= 0.6 is 0 Å². The molecule has 2 atom stereocenters. The van der Waals surface area contributed by atoms with Crippen molar-refractivity contribution in [1.29, 1.82) is 0 Å². The monoisotopic (exact) mass is 215 g/mol. The van der Waals surface area contributed by atoms with Gasteiger partial charge in [0.15, 0.2) is 0 Å².